The number of benzene rings is 1. The van der Waals surface area contributed by atoms with Gasteiger partial charge in [-0.25, -0.2) is 0 Å². The molecule has 0 atom stereocenters. The Hall–Kier alpha value is -2.27. The van der Waals surface area contributed by atoms with Gasteiger partial charge in [-0.2, -0.15) is 0 Å². The van der Waals surface area contributed by atoms with Gasteiger partial charge in [0.05, 0.1) is 12.1 Å². The van der Waals surface area contributed by atoms with Crippen molar-refractivity contribution in [1.82, 2.24) is 9.88 Å². The van der Waals surface area contributed by atoms with E-state index in [9.17, 15) is 9.59 Å². The number of piperazine rings is 1. The summed E-state index contributed by atoms with van der Waals surface area (Å²) in [6, 6.07) is 10.7. The number of H-pyrrole nitrogens is 1. The molecule has 1 aliphatic rings. The highest BCUT2D eigenvalue weighted by Crippen LogP contribution is 2.15. The Morgan fingerprint density at radius 2 is 1.91 bits per heavy atom. The second-order valence-electron chi connectivity index (χ2n) is 5.59. The summed E-state index contributed by atoms with van der Waals surface area (Å²) in [4.78, 5) is 30.2. The molecule has 1 saturated heterocycles. The van der Waals surface area contributed by atoms with E-state index in [1.165, 1.54) is 6.07 Å². The van der Waals surface area contributed by atoms with Crippen LogP contribution in [0.3, 0.4) is 0 Å². The van der Waals surface area contributed by atoms with Crippen LogP contribution in [0.25, 0.3) is 0 Å². The number of carbonyl (C=O) groups excluding carboxylic acids is 1. The molecule has 1 aliphatic heterocycles. The quantitative estimate of drug-likeness (QED) is 0.935. The van der Waals surface area contributed by atoms with E-state index in [1.807, 2.05) is 29.2 Å². The fourth-order valence-electron chi connectivity index (χ4n) is 2.75. The van der Waals surface area contributed by atoms with E-state index in [-0.39, 0.29) is 11.5 Å². The fraction of sp³-hybridized carbons (Fsp3) is 0.294. The highest BCUT2D eigenvalue weighted by Gasteiger charge is 2.21. The monoisotopic (exact) mass is 331 g/mol. The average Bonchev–Trinajstić information content (AvgIpc) is 2.56. The summed E-state index contributed by atoms with van der Waals surface area (Å²) >= 11 is 5.96. The molecule has 3 rings (SSSR count). The zero-order valence-corrected chi connectivity index (χ0v) is 13.4. The first-order valence-electron chi connectivity index (χ1n) is 7.58. The minimum Gasteiger partial charge on any atom is -0.367 e. The maximum absolute atomic E-state index is 12.4. The van der Waals surface area contributed by atoms with Gasteiger partial charge in [0, 0.05) is 43.5 Å². The fourth-order valence-corrected chi connectivity index (χ4v) is 2.96. The Balaban J connectivity index is 1.57. The van der Waals surface area contributed by atoms with Crippen LogP contribution in [0.4, 0.5) is 5.69 Å². The molecular formula is C17H18ClN3O2. The molecule has 5 nitrogen and oxygen atoms in total. The van der Waals surface area contributed by atoms with Crippen LogP contribution >= 0.6 is 11.6 Å². The summed E-state index contributed by atoms with van der Waals surface area (Å²) in [6.07, 6.45) is 2.09. The minimum atomic E-state index is -0.107. The van der Waals surface area contributed by atoms with Crippen LogP contribution in [-0.4, -0.2) is 42.0 Å². The molecule has 6 heteroatoms. The van der Waals surface area contributed by atoms with E-state index < -0.39 is 0 Å². The zero-order valence-electron chi connectivity index (χ0n) is 12.7. The number of pyridine rings is 1. The Labute approximate surface area is 139 Å². The highest BCUT2D eigenvalue weighted by atomic mass is 35.5. The number of nitrogens with zero attached hydrogens (tertiary/aromatic N) is 2. The van der Waals surface area contributed by atoms with Gasteiger partial charge in [-0.3, -0.25) is 9.59 Å². The number of anilines is 1. The lowest BCUT2D eigenvalue weighted by molar-refractivity contribution is -0.130. The van der Waals surface area contributed by atoms with Crippen LogP contribution in [0.1, 0.15) is 5.56 Å². The lowest BCUT2D eigenvalue weighted by atomic mass is 10.1. The van der Waals surface area contributed by atoms with E-state index in [0.29, 0.717) is 24.5 Å². The molecule has 0 aliphatic carbocycles. The predicted octanol–water partition coefficient (Wildman–Crippen LogP) is 1.92. The van der Waals surface area contributed by atoms with Crippen LogP contribution in [0.2, 0.25) is 5.02 Å². The largest absolute Gasteiger partial charge is 0.367 e. The minimum absolute atomic E-state index is 0.107. The molecule has 23 heavy (non-hydrogen) atoms. The average molecular weight is 332 g/mol. The highest BCUT2D eigenvalue weighted by molar-refractivity contribution is 6.30. The SMILES string of the molecule is O=C(Cc1cccc(Cl)c1)N1CCN(c2ccc(=O)[nH]c2)CC1. The molecule has 0 saturated carbocycles. The molecule has 1 fully saturated rings. The number of hydrogen-bond acceptors (Lipinski definition) is 3. The third kappa shape index (κ3) is 3.93. The number of carbonyl (C=O) groups is 1. The molecule has 2 aromatic rings. The van der Waals surface area contributed by atoms with Gasteiger partial charge in [0.15, 0.2) is 0 Å². The number of aromatic amines is 1. The number of rotatable bonds is 3. The van der Waals surface area contributed by atoms with Gasteiger partial charge in [-0.05, 0) is 23.8 Å². The summed E-state index contributed by atoms with van der Waals surface area (Å²) in [7, 11) is 0. The molecule has 1 amide bonds. The van der Waals surface area contributed by atoms with Crippen molar-refractivity contribution in [3.05, 3.63) is 63.5 Å². The number of amides is 1. The predicted molar refractivity (Wildman–Crippen MR) is 91.0 cm³/mol. The van der Waals surface area contributed by atoms with Crippen LogP contribution in [-0.2, 0) is 11.2 Å². The van der Waals surface area contributed by atoms with Gasteiger partial charge < -0.3 is 14.8 Å². The summed E-state index contributed by atoms with van der Waals surface area (Å²) < 4.78 is 0. The maximum Gasteiger partial charge on any atom is 0.248 e. The Morgan fingerprint density at radius 3 is 2.57 bits per heavy atom. The molecule has 1 aromatic carbocycles. The van der Waals surface area contributed by atoms with Crippen molar-refractivity contribution in [2.24, 2.45) is 0 Å². The molecule has 0 bridgehead atoms. The van der Waals surface area contributed by atoms with Crippen molar-refractivity contribution in [2.75, 3.05) is 31.1 Å². The zero-order chi connectivity index (χ0) is 16.2. The summed E-state index contributed by atoms with van der Waals surface area (Å²) in [5.41, 5.74) is 1.81. The number of halogens is 1. The lowest BCUT2D eigenvalue weighted by Crippen LogP contribution is -2.49. The van der Waals surface area contributed by atoms with E-state index >= 15 is 0 Å². The van der Waals surface area contributed by atoms with Crippen molar-refractivity contribution >= 4 is 23.2 Å². The summed E-state index contributed by atoms with van der Waals surface area (Å²) in [5, 5.41) is 0.651. The van der Waals surface area contributed by atoms with E-state index in [4.69, 9.17) is 11.6 Å². The van der Waals surface area contributed by atoms with Gasteiger partial charge in [0.1, 0.15) is 0 Å². The molecule has 1 N–H and O–H groups in total. The molecule has 2 heterocycles. The second-order valence-corrected chi connectivity index (χ2v) is 6.02. The summed E-state index contributed by atoms with van der Waals surface area (Å²) in [5.74, 6) is 0.119. The van der Waals surface area contributed by atoms with Crippen LogP contribution < -0.4 is 10.5 Å². The van der Waals surface area contributed by atoms with Crippen molar-refractivity contribution in [3.63, 3.8) is 0 Å². The normalized spacial score (nSPS) is 14.8. The topological polar surface area (TPSA) is 56.4 Å². The molecule has 0 radical (unpaired) electrons. The van der Waals surface area contributed by atoms with Crippen LogP contribution in [0.15, 0.2) is 47.4 Å². The van der Waals surface area contributed by atoms with Crippen LogP contribution in [0.5, 0.6) is 0 Å². The molecule has 0 spiro atoms. The van der Waals surface area contributed by atoms with Crippen molar-refractivity contribution in [3.8, 4) is 0 Å². The molecular weight excluding hydrogens is 314 g/mol. The third-order valence-electron chi connectivity index (χ3n) is 4.01. The molecule has 0 unspecified atom stereocenters. The number of nitrogens with one attached hydrogen (secondary N) is 1. The van der Waals surface area contributed by atoms with Crippen molar-refractivity contribution < 1.29 is 4.79 Å². The molecule has 1 aromatic heterocycles. The van der Waals surface area contributed by atoms with Crippen molar-refractivity contribution in [2.45, 2.75) is 6.42 Å². The van der Waals surface area contributed by atoms with Crippen LogP contribution in [0, 0.1) is 0 Å². The van der Waals surface area contributed by atoms with Gasteiger partial charge in [0.25, 0.3) is 0 Å². The molecule has 120 valence electrons. The lowest BCUT2D eigenvalue weighted by Gasteiger charge is -2.36. The number of hydrogen-bond donors (Lipinski definition) is 1. The maximum atomic E-state index is 12.4. The van der Waals surface area contributed by atoms with Gasteiger partial charge in [-0.15, -0.1) is 0 Å². The van der Waals surface area contributed by atoms with E-state index in [0.717, 1.165) is 24.3 Å². The van der Waals surface area contributed by atoms with Gasteiger partial charge in [-0.1, -0.05) is 23.7 Å². The standard InChI is InChI=1S/C17H18ClN3O2/c18-14-3-1-2-13(10-14)11-17(23)21-8-6-20(7-9-21)15-4-5-16(22)19-12-15/h1-5,10,12H,6-9,11H2,(H,19,22). The smallest absolute Gasteiger partial charge is 0.248 e. The first kappa shape index (κ1) is 15.6. The Kier molecular flexibility index (Phi) is 4.67. The Bertz CT molecular complexity index is 731. The first-order valence-corrected chi connectivity index (χ1v) is 7.95. The van der Waals surface area contributed by atoms with Gasteiger partial charge >= 0.3 is 0 Å². The van der Waals surface area contributed by atoms with Gasteiger partial charge in [0.2, 0.25) is 11.5 Å². The number of aromatic nitrogens is 1. The van der Waals surface area contributed by atoms with E-state index in [1.54, 1.807) is 12.3 Å². The second kappa shape index (κ2) is 6.87. The summed E-state index contributed by atoms with van der Waals surface area (Å²) in [6.45, 7) is 2.87. The Morgan fingerprint density at radius 1 is 1.13 bits per heavy atom. The third-order valence-corrected chi connectivity index (χ3v) is 4.24. The first-order chi connectivity index (χ1) is 11.1. The van der Waals surface area contributed by atoms with Crippen molar-refractivity contribution in [1.29, 1.82) is 0 Å². The van der Waals surface area contributed by atoms with E-state index in [2.05, 4.69) is 9.88 Å².